The molecular weight excluding hydrogens is 328 g/mol. The maximum Gasteiger partial charge on any atom is 0.270 e. The molecule has 7 nitrogen and oxygen atoms in total. The van der Waals surface area contributed by atoms with Gasteiger partial charge in [0, 0.05) is 30.1 Å². The van der Waals surface area contributed by atoms with Gasteiger partial charge >= 0.3 is 0 Å². The Labute approximate surface area is 142 Å². The van der Waals surface area contributed by atoms with E-state index in [0.717, 1.165) is 6.42 Å². The summed E-state index contributed by atoms with van der Waals surface area (Å²) in [5.74, 6) is -0.0610. The zero-order valence-corrected chi connectivity index (χ0v) is 13.5. The predicted molar refractivity (Wildman–Crippen MR) is 89.7 cm³/mol. The van der Waals surface area contributed by atoms with E-state index in [4.69, 9.17) is 5.26 Å². The minimum atomic E-state index is -0.554. The fourth-order valence-corrected chi connectivity index (χ4v) is 3.53. The minimum Gasteiger partial charge on any atom is -0.375 e. The Bertz CT molecular complexity index is 840. The molecule has 0 radical (unpaired) electrons. The first-order valence-corrected chi connectivity index (χ1v) is 8.22. The highest BCUT2D eigenvalue weighted by Gasteiger charge is 2.21. The van der Waals surface area contributed by atoms with Crippen molar-refractivity contribution in [1.29, 1.82) is 5.26 Å². The number of nitrogens with zero attached hydrogens (tertiary/aromatic N) is 3. The molecule has 0 fully saturated rings. The second-order valence-electron chi connectivity index (χ2n) is 5.39. The van der Waals surface area contributed by atoms with E-state index in [9.17, 15) is 14.9 Å². The van der Waals surface area contributed by atoms with Crippen molar-refractivity contribution in [2.75, 3.05) is 18.4 Å². The Morgan fingerprint density at radius 1 is 1.46 bits per heavy atom. The van der Waals surface area contributed by atoms with E-state index in [2.05, 4.69) is 5.32 Å². The summed E-state index contributed by atoms with van der Waals surface area (Å²) in [5, 5.41) is 24.8. The van der Waals surface area contributed by atoms with Crippen molar-refractivity contribution in [2.45, 2.75) is 13.0 Å². The van der Waals surface area contributed by atoms with Gasteiger partial charge in [-0.15, -0.1) is 11.3 Å². The molecule has 1 aromatic carbocycles. The van der Waals surface area contributed by atoms with Gasteiger partial charge < -0.3 is 10.2 Å². The van der Waals surface area contributed by atoms with Gasteiger partial charge in [0.2, 0.25) is 5.91 Å². The molecule has 0 unspecified atom stereocenters. The highest BCUT2D eigenvalue weighted by molar-refractivity contribution is 7.10. The van der Waals surface area contributed by atoms with Crippen LogP contribution in [-0.2, 0) is 17.8 Å². The number of amides is 1. The topological polar surface area (TPSA) is 99.3 Å². The lowest BCUT2D eigenvalue weighted by Gasteiger charge is -2.27. The number of fused-ring (bicyclic) bond motifs is 1. The lowest BCUT2D eigenvalue weighted by molar-refractivity contribution is -0.384. The van der Waals surface area contributed by atoms with Crippen LogP contribution in [0.2, 0.25) is 0 Å². The fraction of sp³-hybridized carbons (Fsp3) is 0.250. The van der Waals surface area contributed by atoms with Crippen molar-refractivity contribution < 1.29 is 9.72 Å². The molecule has 1 N–H and O–H groups in total. The molecule has 2 heterocycles. The van der Waals surface area contributed by atoms with E-state index in [-0.39, 0.29) is 23.7 Å². The van der Waals surface area contributed by atoms with Crippen molar-refractivity contribution in [3.05, 3.63) is 55.8 Å². The van der Waals surface area contributed by atoms with Crippen molar-refractivity contribution in [3.8, 4) is 6.07 Å². The Balaban J connectivity index is 1.65. The average molecular weight is 342 g/mol. The average Bonchev–Trinajstić information content (AvgIpc) is 3.06. The minimum absolute atomic E-state index is 0.0476. The number of nitrogens with one attached hydrogen (secondary N) is 1. The first-order valence-electron chi connectivity index (χ1n) is 7.34. The Morgan fingerprint density at radius 3 is 3.04 bits per heavy atom. The number of thiophene rings is 1. The van der Waals surface area contributed by atoms with Crippen molar-refractivity contribution in [3.63, 3.8) is 0 Å². The van der Waals surface area contributed by atoms with Crippen LogP contribution in [0, 0.1) is 21.4 Å². The molecule has 1 aliphatic heterocycles. The number of benzene rings is 1. The van der Waals surface area contributed by atoms with Gasteiger partial charge in [0.15, 0.2) is 0 Å². The highest BCUT2D eigenvalue weighted by atomic mass is 32.1. The lowest BCUT2D eigenvalue weighted by Crippen LogP contribution is -2.38. The summed E-state index contributed by atoms with van der Waals surface area (Å²) in [6.07, 6.45) is 0.861. The maximum atomic E-state index is 12.4. The predicted octanol–water partition coefficient (Wildman–Crippen LogP) is 2.52. The summed E-state index contributed by atoms with van der Waals surface area (Å²) >= 11 is 1.71. The van der Waals surface area contributed by atoms with Crippen LogP contribution in [0.25, 0.3) is 0 Å². The SMILES string of the molecule is N#Cc1cc([N+](=O)[O-])ccc1NCC(=O)N1CCc2sccc2C1. The zero-order chi connectivity index (χ0) is 17.1. The highest BCUT2D eigenvalue weighted by Crippen LogP contribution is 2.24. The van der Waals surface area contributed by atoms with Crippen LogP contribution in [-0.4, -0.2) is 28.8 Å². The molecule has 24 heavy (non-hydrogen) atoms. The third kappa shape index (κ3) is 3.21. The zero-order valence-electron chi connectivity index (χ0n) is 12.7. The van der Waals surface area contributed by atoms with E-state index in [1.165, 1.54) is 28.6 Å². The van der Waals surface area contributed by atoms with Crippen LogP contribution in [0.5, 0.6) is 0 Å². The van der Waals surface area contributed by atoms with Gasteiger partial charge in [-0.25, -0.2) is 0 Å². The van der Waals surface area contributed by atoms with E-state index >= 15 is 0 Å². The number of non-ortho nitro benzene ring substituents is 1. The van der Waals surface area contributed by atoms with E-state index in [1.807, 2.05) is 17.5 Å². The second kappa shape index (κ2) is 6.68. The van der Waals surface area contributed by atoms with Crippen molar-refractivity contribution in [2.24, 2.45) is 0 Å². The summed E-state index contributed by atoms with van der Waals surface area (Å²) < 4.78 is 0. The summed E-state index contributed by atoms with van der Waals surface area (Å²) in [6.45, 7) is 1.33. The molecule has 1 amide bonds. The number of carbonyl (C=O) groups is 1. The van der Waals surface area contributed by atoms with Crippen LogP contribution in [0.15, 0.2) is 29.6 Å². The normalized spacial score (nSPS) is 13.0. The molecule has 8 heteroatoms. The van der Waals surface area contributed by atoms with Crippen LogP contribution in [0.3, 0.4) is 0 Å². The Kier molecular flexibility index (Phi) is 4.44. The number of anilines is 1. The molecule has 2 aromatic rings. The standard InChI is InChI=1S/C16H14N4O3S/c17-8-12-7-13(20(22)23)1-2-14(12)18-9-16(21)19-5-3-15-11(10-19)4-6-24-15/h1-2,4,6-7,18H,3,5,9-10H2. The number of hydrogen-bond acceptors (Lipinski definition) is 6. The van der Waals surface area contributed by atoms with E-state index in [0.29, 0.717) is 18.8 Å². The molecule has 0 atom stereocenters. The number of nitro groups is 1. The van der Waals surface area contributed by atoms with Crippen LogP contribution < -0.4 is 5.32 Å². The number of carbonyl (C=O) groups excluding carboxylic acids is 1. The molecule has 0 saturated carbocycles. The van der Waals surface area contributed by atoms with Crippen molar-refractivity contribution >= 4 is 28.6 Å². The van der Waals surface area contributed by atoms with Gasteiger partial charge in [-0.3, -0.25) is 14.9 Å². The quantitative estimate of drug-likeness (QED) is 0.680. The summed E-state index contributed by atoms with van der Waals surface area (Å²) in [6, 6.07) is 7.92. The maximum absolute atomic E-state index is 12.4. The summed E-state index contributed by atoms with van der Waals surface area (Å²) in [7, 11) is 0. The van der Waals surface area contributed by atoms with Crippen LogP contribution in [0.4, 0.5) is 11.4 Å². The van der Waals surface area contributed by atoms with Gasteiger partial charge in [0.1, 0.15) is 6.07 Å². The van der Waals surface area contributed by atoms with Gasteiger partial charge in [0.25, 0.3) is 5.69 Å². The number of rotatable bonds is 4. The first kappa shape index (κ1) is 16.0. The van der Waals surface area contributed by atoms with Gasteiger partial charge in [-0.2, -0.15) is 5.26 Å². The summed E-state index contributed by atoms with van der Waals surface area (Å²) in [4.78, 5) is 25.7. The molecule has 0 bridgehead atoms. The number of hydrogen-bond donors (Lipinski definition) is 1. The van der Waals surface area contributed by atoms with Crippen LogP contribution >= 0.6 is 11.3 Å². The number of nitro benzene ring substituents is 1. The third-order valence-electron chi connectivity index (χ3n) is 3.92. The largest absolute Gasteiger partial charge is 0.375 e. The third-order valence-corrected chi connectivity index (χ3v) is 4.95. The molecule has 3 rings (SSSR count). The van der Waals surface area contributed by atoms with Crippen molar-refractivity contribution in [1.82, 2.24) is 4.90 Å². The molecule has 0 spiro atoms. The lowest BCUT2D eigenvalue weighted by atomic mass is 10.1. The molecule has 1 aromatic heterocycles. The number of nitriles is 1. The molecular formula is C16H14N4O3S. The first-order chi connectivity index (χ1) is 11.6. The Hall–Kier alpha value is -2.92. The fourth-order valence-electron chi connectivity index (χ4n) is 2.64. The monoisotopic (exact) mass is 342 g/mol. The Morgan fingerprint density at radius 2 is 2.29 bits per heavy atom. The molecule has 122 valence electrons. The van der Waals surface area contributed by atoms with Crippen LogP contribution in [0.1, 0.15) is 16.0 Å². The summed E-state index contributed by atoms with van der Waals surface area (Å²) in [5.41, 5.74) is 1.61. The van der Waals surface area contributed by atoms with E-state index in [1.54, 1.807) is 16.2 Å². The van der Waals surface area contributed by atoms with Gasteiger partial charge in [0.05, 0.1) is 22.7 Å². The van der Waals surface area contributed by atoms with Gasteiger partial charge in [-0.05, 0) is 29.5 Å². The molecule has 1 aliphatic rings. The van der Waals surface area contributed by atoms with Gasteiger partial charge in [-0.1, -0.05) is 0 Å². The van der Waals surface area contributed by atoms with E-state index < -0.39 is 4.92 Å². The smallest absolute Gasteiger partial charge is 0.270 e. The molecule has 0 saturated heterocycles. The molecule has 0 aliphatic carbocycles. The second-order valence-corrected chi connectivity index (χ2v) is 6.39.